The van der Waals surface area contributed by atoms with Crippen molar-refractivity contribution in [2.45, 2.75) is 38.6 Å². The summed E-state index contributed by atoms with van der Waals surface area (Å²) in [5.74, 6) is -2.07. The summed E-state index contributed by atoms with van der Waals surface area (Å²) in [6, 6.07) is 7.64. The van der Waals surface area contributed by atoms with Gasteiger partial charge in [-0.2, -0.15) is 0 Å². The summed E-state index contributed by atoms with van der Waals surface area (Å²) in [5.41, 5.74) is 2.22. The first-order valence-electron chi connectivity index (χ1n) is 10.5. The summed E-state index contributed by atoms with van der Waals surface area (Å²) in [6.07, 6.45) is 1.06. The van der Waals surface area contributed by atoms with Crippen molar-refractivity contribution in [1.82, 2.24) is 10.3 Å². The Bertz CT molecular complexity index is 1100. The predicted molar refractivity (Wildman–Crippen MR) is 113 cm³/mol. The molecule has 1 aliphatic carbocycles. The Morgan fingerprint density at radius 3 is 2.42 bits per heavy atom. The largest absolute Gasteiger partial charge is 0.394 e. The van der Waals surface area contributed by atoms with E-state index in [1.165, 1.54) is 18.2 Å². The summed E-state index contributed by atoms with van der Waals surface area (Å²) in [7, 11) is 0. The first-order valence-corrected chi connectivity index (χ1v) is 10.5. The van der Waals surface area contributed by atoms with Crippen molar-refractivity contribution < 1.29 is 23.1 Å². The van der Waals surface area contributed by atoms with E-state index in [2.05, 4.69) is 10.3 Å². The number of aliphatic hydroxyl groups excluding tert-OH is 1. The fourth-order valence-electron chi connectivity index (χ4n) is 4.30. The lowest BCUT2D eigenvalue weighted by molar-refractivity contribution is -0.129. The van der Waals surface area contributed by atoms with Crippen molar-refractivity contribution in [2.24, 2.45) is 11.8 Å². The lowest BCUT2D eigenvalue weighted by atomic mass is 9.69. The van der Waals surface area contributed by atoms with Gasteiger partial charge in [0.25, 0.3) is 0 Å². The number of carbonyl (C=O) groups is 1. The van der Waals surface area contributed by atoms with Gasteiger partial charge < -0.3 is 15.4 Å². The highest BCUT2D eigenvalue weighted by molar-refractivity contribution is 5.92. The van der Waals surface area contributed by atoms with Crippen LogP contribution in [0.5, 0.6) is 0 Å². The molecule has 4 rings (SSSR count). The molecule has 1 amide bonds. The second kappa shape index (κ2) is 8.38. The van der Waals surface area contributed by atoms with Crippen LogP contribution in [-0.4, -0.2) is 28.6 Å². The molecule has 3 aromatic rings. The number of aromatic nitrogens is 1. The van der Waals surface area contributed by atoms with Gasteiger partial charge in [0, 0.05) is 17.4 Å². The van der Waals surface area contributed by atoms with Gasteiger partial charge in [0.05, 0.1) is 23.9 Å². The van der Waals surface area contributed by atoms with E-state index >= 15 is 0 Å². The molecular formula is C24H25F3N2O2. The number of aromatic amines is 1. The van der Waals surface area contributed by atoms with E-state index in [-0.39, 0.29) is 47.6 Å². The third kappa shape index (κ3) is 4.06. The van der Waals surface area contributed by atoms with Gasteiger partial charge in [0.15, 0.2) is 0 Å². The van der Waals surface area contributed by atoms with Gasteiger partial charge in [0.1, 0.15) is 17.5 Å². The van der Waals surface area contributed by atoms with Gasteiger partial charge in [0.2, 0.25) is 5.91 Å². The lowest BCUT2D eigenvalue weighted by Crippen LogP contribution is -2.46. The van der Waals surface area contributed by atoms with Crippen LogP contribution in [0.25, 0.3) is 22.2 Å². The molecule has 1 saturated carbocycles. The van der Waals surface area contributed by atoms with Crippen molar-refractivity contribution in [3.63, 3.8) is 0 Å². The van der Waals surface area contributed by atoms with E-state index in [4.69, 9.17) is 0 Å². The molecule has 1 aromatic heterocycles. The number of hydrogen-bond acceptors (Lipinski definition) is 2. The average molecular weight is 430 g/mol. The SMILES string of the molecule is CC(C)C(CO)NC(=O)[C@H]1C[C@@H](c2c(-c3ccc(F)cc3)[nH]c3c(F)cc(F)cc32)C1. The van der Waals surface area contributed by atoms with Gasteiger partial charge >= 0.3 is 0 Å². The molecule has 1 fully saturated rings. The second-order valence-corrected chi connectivity index (χ2v) is 8.64. The Labute approximate surface area is 178 Å². The van der Waals surface area contributed by atoms with E-state index < -0.39 is 11.6 Å². The highest BCUT2D eigenvalue weighted by atomic mass is 19.1. The molecule has 1 heterocycles. The standard InChI is InChI=1S/C24H25F3N2O2/c1-12(2)20(11-30)28-24(31)15-7-14(8-15)21-18-9-17(26)10-19(27)23(18)29-22(21)13-3-5-16(25)6-4-13/h3-6,9-10,12,14-15,20,29-30H,7-8,11H2,1-2H3,(H,28,31)/t14-,15+,20?. The maximum atomic E-state index is 14.4. The third-order valence-electron chi connectivity index (χ3n) is 6.24. The zero-order valence-electron chi connectivity index (χ0n) is 17.4. The molecule has 0 saturated heterocycles. The topological polar surface area (TPSA) is 65.1 Å². The number of aliphatic hydroxyl groups is 1. The van der Waals surface area contributed by atoms with Crippen LogP contribution in [0.2, 0.25) is 0 Å². The first kappa shape index (κ1) is 21.4. The summed E-state index contributed by atoms with van der Waals surface area (Å²) < 4.78 is 41.9. The van der Waals surface area contributed by atoms with Gasteiger partial charge in [-0.1, -0.05) is 13.8 Å². The van der Waals surface area contributed by atoms with Gasteiger partial charge in [-0.25, -0.2) is 13.2 Å². The van der Waals surface area contributed by atoms with Crippen molar-refractivity contribution in [3.05, 3.63) is 59.4 Å². The molecule has 1 aliphatic rings. The summed E-state index contributed by atoms with van der Waals surface area (Å²) in [4.78, 5) is 15.6. The number of rotatable bonds is 6. The minimum Gasteiger partial charge on any atom is -0.394 e. The number of halogens is 3. The van der Waals surface area contributed by atoms with E-state index in [0.29, 0.717) is 29.5 Å². The second-order valence-electron chi connectivity index (χ2n) is 8.64. The van der Waals surface area contributed by atoms with E-state index in [1.807, 2.05) is 13.8 Å². The number of amides is 1. The van der Waals surface area contributed by atoms with Crippen LogP contribution in [0.15, 0.2) is 36.4 Å². The third-order valence-corrected chi connectivity index (χ3v) is 6.24. The van der Waals surface area contributed by atoms with Gasteiger partial charge in [-0.05, 0) is 66.1 Å². The molecule has 0 aliphatic heterocycles. The molecule has 164 valence electrons. The number of H-pyrrole nitrogens is 1. The quantitative estimate of drug-likeness (QED) is 0.522. The number of carbonyl (C=O) groups excluding carboxylic acids is 1. The smallest absolute Gasteiger partial charge is 0.223 e. The Morgan fingerprint density at radius 2 is 1.81 bits per heavy atom. The molecule has 2 aromatic carbocycles. The van der Waals surface area contributed by atoms with Crippen LogP contribution in [-0.2, 0) is 4.79 Å². The molecular weight excluding hydrogens is 405 g/mol. The molecule has 3 N–H and O–H groups in total. The maximum Gasteiger partial charge on any atom is 0.223 e. The summed E-state index contributed by atoms with van der Waals surface area (Å²) >= 11 is 0. The van der Waals surface area contributed by atoms with Crippen molar-refractivity contribution in [2.75, 3.05) is 6.61 Å². The van der Waals surface area contributed by atoms with Crippen molar-refractivity contribution in [3.8, 4) is 11.3 Å². The minimum atomic E-state index is -0.694. The van der Waals surface area contributed by atoms with Gasteiger partial charge in [-0.3, -0.25) is 4.79 Å². The molecule has 0 radical (unpaired) electrons. The molecule has 31 heavy (non-hydrogen) atoms. The highest BCUT2D eigenvalue weighted by Gasteiger charge is 2.39. The van der Waals surface area contributed by atoms with Gasteiger partial charge in [-0.15, -0.1) is 0 Å². The minimum absolute atomic E-state index is 0.0719. The van der Waals surface area contributed by atoms with Crippen LogP contribution >= 0.6 is 0 Å². The van der Waals surface area contributed by atoms with Crippen molar-refractivity contribution >= 4 is 16.8 Å². The predicted octanol–water partition coefficient (Wildman–Crippen LogP) is 4.88. The van der Waals surface area contributed by atoms with Crippen LogP contribution in [0.3, 0.4) is 0 Å². The van der Waals surface area contributed by atoms with Crippen LogP contribution in [0, 0.1) is 29.3 Å². The Hall–Kier alpha value is -2.80. The lowest BCUT2D eigenvalue weighted by Gasteiger charge is -2.36. The Balaban J connectivity index is 1.65. The van der Waals surface area contributed by atoms with E-state index in [0.717, 1.165) is 11.6 Å². The fraction of sp³-hybridized carbons (Fsp3) is 0.375. The normalized spacial score (nSPS) is 19.5. The fourth-order valence-corrected chi connectivity index (χ4v) is 4.30. The van der Waals surface area contributed by atoms with E-state index in [1.54, 1.807) is 12.1 Å². The number of benzene rings is 2. The Morgan fingerprint density at radius 1 is 1.13 bits per heavy atom. The number of hydrogen-bond donors (Lipinski definition) is 3. The zero-order valence-corrected chi connectivity index (χ0v) is 17.4. The highest BCUT2D eigenvalue weighted by Crippen LogP contribution is 2.48. The molecule has 0 spiro atoms. The summed E-state index contributed by atoms with van der Waals surface area (Å²) in [6.45, 7) is 3.72. The zero-order chi connectivity index (χ0) is 22.3. The number of fused-ring (bicyclic) bond motifs is 1. The molecule has 0 bridgehead atoms. The van der Waals surface area contributed by atoms with Crippen LogP contribution in [0.1, 0.15) is 38.2 Å². The Kier molecular flexibility index (Phi) is 5.79. The maximum absolute atomic E-state index is 14.4. The number of nitrogens with one attached hydrogen (secondary N) is 2. The monoisotopic (exact) mass is 430 g/mol. The average Bonchev–Trinajstić information content (AvgIpc) is 3.05. The van der Waals surface area contributed by atoms with Crippen molar-refractivity contribution in [1.29, 1.82) is 0 Å². The molecule has 7 heteroatoms. The van der Waals surface area contributed by atoms with Crippen LogP contribution < -0.4 is 5.32 Å². The van der Waals surface area contributed by atoms with Crippen LogP contribution in [0.4, 0.5) is 13.2 Å². The van der Waals surface area contributed by atoms with E-state index in [9.17, 15) is 23.1 Å². The first-order chi connectivity index (χ1) is 14.8. The molecule has 1 unspecified atom stereocenters. The molecule has 4 nitrogen and oxygen atoms in total. The summed E-state index contributed by atoms with van der Waals surface area (Å²) in [5, 5.41) is 12.8. The molecule has 1 atom stereocenters.